The fourth-order valence-corrected chi connectivity index (χ4v) is 3.48. The van der Waals surface area contributed by atoms with Gasteiger partial charge in [-0.1, -0.05) is 6.42 Å². The number of carbonyl (C=O) groups is 2. The Balaban J connectivity index is 1.67. The lowest BCUT2D eigenvalue weighted by atomic mass is 9.94. The molecule has 2 aliphatic rings. The van der Waals surface area contributed by atoms with Gasteiger partial charge in [-0.15, -0.1) is 0 Å². The molecule has 3 heterocycles. The van der Waals surface area contributed by atoms with Gasteiger partial charge in [-0.25, -0.2) is 0 Å². The minimum absolute atomic E-state index is 0.117. The molecule has 2 N–H and O–H groups in total. The van der Waals surface area contributed by atoms with E-state index in [1.54, 1.807) is 0 Å². The number of likely N-dealkylation sites (tertiary alicyclic amines) is 1. The monoisotopic (exact) mass is 289 g/mol. The normalized spacial score (nSPS) is 23.1. The molecule has 3 rings (SSSR count). The lowest BCUT2D eigenvalue weighted by Crippen LogP contribution is -2.44. The quantitative estimate of drug-likeness (QED) is 0.828. The van der Waals surface area contributed by atoms with E-state index >= 15 is 0 Å². The highest BCUT2D eigenvalue weighted by Crippen LogP contribution is 2.24. The summed E-state index contributed by atoms with van der Waals surface area (Å²) in [6.45, 7) is 5.78. The maximum atomic E-state index is 12.6. The van der Waals surface area contributed by atoms with Crippen LogP contribution in [0, 0.1) is 6.92 Å². The number of Topliss-reactive ketones (excluding diaryl/α,β-unsaturated/α-hetero) is 1. The molecule has 2 aliphatic heterocycles. The van der Waals surface area contributed by atoms with Crippen molar-refractivity contribution in [3.8, 4) is 0 Å². The molecule has 0 aliphatic carbocycles. The number of nitrogens with one attached hydrogen (secondary N) is 2. The first-order valence-corrected chi connectivity index (χ1v) is 7.87. The van der Waals surface area contributed by atoms with Gasteiger partial charge in [0.15, 0.2) is 12.1 Å². The zero-order valence-corrected chi connectivity index (χ0v) is 12.6. The van der Waals surface area contributed by atoms with Crippen LogP contribution in [0.1, 0.15) is 57.8 Å². The van der Waals surface area contributed by atoms with Crippen molar-refractivity contribution >= 4 is 12.1 Å². The molecule has 0 saturated carbocycles. The molecule has 1 aromatic rings. The molecule has 0 bridgehead atoms. The number of hydrogen-bond acceptors (Lipinski definition) is 4. The van der Waals surface area contributed by atoms with Gasteiger partial charge in [-0.05, 0) is 44.8 Å². The number of carbonyl (C=O) groups excluding carboxylic acids is 2. The third-order valence-corrected chi connectivity index (χ3v) is 4.76. The summed E-state index contributed by atoms with van der Waals surface area (Å²) < 4.78 is 0. The number of aromatic nitrogens is 1. The number of rotatable bonds is 4. The summed E-state index contributed by atoms with van der Waals surface area (Å²) in [5.74, 6) is 0.134. The van der Waals surface area contributed by atoms with Crippen LogP contribution >= 0.6 is 0 Å². The van der Waals surface area contributed by atoms with Crippen LogP contribution in [0.5, 0.6) is 0 Å². The highest BCUT2D eigenvalue weighted by molar-refractivity contribution is 6.04. The zero-order chi connectivity index (χ0) is 14.8. The summed E-state index contributed by atoms with van der Waals surface area (Å²) in [5.41, 5.74) is 2.93. The Labute approximate surface area is 125 Å². The van der Waals surface area contributed by atoms with Crippen LogP contribution in [-0.2, 0) is 6.54 Å². The van der Waals surface area contributed by atoms with Gasteiger partial charge in [-0.2, -0.15) is 0 Å². The third kappa shape index (κ3) is 2.80. The highest BCUT2D eigenvalue weighted by atomic mass is 16.1. The minimum Gasteiger partial charge on any atom is -0.354 e. The smallest absolute Gasteiger partial charge is 0.181 e. The van der Waals surface area contributed by atoms with Crippen LogP contribution < -0.4 is 5.32 Å². The molecule has 0 spiro atoms. The highest BCUT2D eigenvalue weighted by Gasteiger charge is 2.31. The fraction of sp³-hybridized carbons (Fsp3) is 0.625. The van der Waals surface area contributed by atoms with Gasteiger partial charge < -0.3 is 15.2 Å². The van der Waals surface area contributed by atoms with Crippen molar-refractivity contribution in [1.82, 2.24) is 15.2 Å². The van der Waals surface area contributed by atoms with Crippen LogP contribution in [-0.4, -0.2) is 47.6 Å². The summed E-state index contributed by atoms with van der Waals surface area (Å²) in [7, 11) is 0. The van der Waals surface area contributed by atoms with E-state index in [0.717, 1.165) is 49.2 Å². The topological polar surface area (TPSA) is 65.2 Å². The number of nitrogens with zero attached hydrogens (tertiary/aromatic N) is 1. The molecule has 1 atom stereocenters. The number of fused-ring (bicyclic) bond motifs is 1. The Hall–Kier alpha value is -1.46. The van der Waals surface area contributed by atoms with Crippen LogP contribution in [0.25, 0.3) is 0 Å². The van der Waals surface area contributed by atoms with Crippen molar-refractivity contribution in [2.24, 2.45) is 0 Å². The van der Waals surface area contributed by atoms with Gasteiger partial charge in [-0.3, -0.25) is 9.59 Å². The number of hydrogen-bond donors (Lipinski definition) is 2. The Morgan fingerprint density at radius 3 is 2.76 bits per heavy atom. The van der Waals surface area contributed by atoms with E-state index in [1.807, 2.05) is 6.92 Å². The van der Waals surface area contributed by atoms with E-state index in [2.05, 4.69) is 15.2 Å². The Morgan fingerprint density at radius 2 is 2.05 bits per heavy atom. The summed E-state index contributed by atoms with van der Waals surface area (Å²) in [6, 6.07) is -0.117. The van der Waals surface area contributed by atoms with Crippen molar-refractivity contribution in [3.63, 3.8) is 0 Å². The minimum atomic E-state index is -0.117. The average Bonchev–Trinajstić information content (AvgIpc) is 2.84. The van der Waals surface area contributed by atoms with Crippen molar-refractivity contribution in [3.05, 3.63) is 22.5 Å². The molecule has 0 aromatic carbocycles. The number of piperidine rings is 1. The molecule has 1 aromatic heterocycles. The summed E-state index contributed by atoms with van der Waals surface area (Å²) in [5, 5.41) is 3.31. The zero-order valence-electron chi connectivity index (χ0n) is 12.6. The molecule has 21 heavy (non-hydrogen) atoms. The molecule has 1 saturated heterocycles. The molecule has 1 fully saturated rings. The molecule has 0 amide bonds. The SMILES string of the molecule is Cc1c(C=O)[nH]c2c1C(=O)C(CCN1CCCCC1)NC2. The van der Waals surface area contributed by atoms with E-state index in [4.69, 9.17) is 0 Å². The lowest BCUT2D eigenvalue weighted by molar-refractivity contribution is 0.0912. The molecule has 1 unspecified atom stereocenters. The van der Waals surface area contributed by atoms with Crippen molar-refractivity contribution in [2.45, 2.75) is 45.2 Å². The van der Waals surface area contributed by atoms with Gasteiger partial charge in [0.2, 0.25) is 0 Å². The van der Waals surface area contributed by atoms with Crippen LogP contribution in [0.4, 0.5) is 0 Å². The first-order chi connectivity index (χ1) is 10.2. The van der Waals surface area contributed by atoms with Gasteiger partial charge >= 0.3 is 0 Å². The van der Waals surface area contributed by atoms with E-state index in [-0.39, 0.29) is 11.8 Å². The molecule has 0 radical (unpaired) electrons. The van der Waals surface area contributed by atoms with Gasteiger partial charge in [0.25, 0.3) is 0 Å². The van der Waals surface area contributed by atoms with Crippen LogP contribution in [0.2, 0.25) is 0 Å². The number of H-pyrrole nitrogens is 1. The Bertz CT molecular complexity index is 544. The van der Waals surface area contributed by atoms with Gasteiger partial charge in [0, 0.05) is 24.3 Å². The molecule has 114 valence electrons. The first-order valence-electron chi connectivity index (χ1n) is 7.87. The van der Waals surface area contributed by atoms with E-state index in [9.17, 15) is 9.59 Å². The first kappa shape index (κ1) is 14.5. The largest absolute Gasteiger partial charge is 0.354 e. The number of ketones is 1. The number of aldehydes is 1. The second kappa shape index (κ2) is 6.12. The van der Waals surface area contributed by atoms with Crippen molar-refractivity contribution in [1.29, 1.82) is 0 Å². The Morgan fingerprint density at radius 1 is 1.29 bits per heavy atom. The Kier molecular flexibility index (Phi) is 4.22. The average molecular weight is 289 g/mol. The fourth-order valence-electron chi connectivity index (χ4n) is 3.48. The third-order valence-electron chi connectivity index (χ3n) is 4.76. The summed E-state index contributed by atoms with van der Waals surface area (Å²) >= 11 is 0. The predicted octanol–water partition coefficient (Wildman–Crippen LogP) is 1.67. The van der Waals surface area contributed by atoms with Crippen molar-refractivity contribution < 1.29 is 9.59 Å². The summed E-state index contributed by atoms with van der Waals surface area (Å²) in [6.07, 6.45) is 5.52. The maximum absolute atomic E-state index is 12.6. The maximum Gasteiger partial charge on any atom is 0.181 e. The second-order valence-electron chi connectivity index (χ2n) is 6.12. The van der Waals surface area contributed by atoms with E-state index < -0.39 is 0 Å². The number of aromatic amines is 1. The van der Waals surface area contributed by atoms with Crippen molar-refractivity contribution in [2.75, 3.05) is 19.6 Å². The van der Waals surface area contributed by atoms with E-state index in [1.165, 1.54) is 19.3 Å². The van der Waals surface area contributed by atoms with Gasteiger partial charge in [0.1, 0.15) is 0 Å². The van der Waals surface area contributed by atoms with Crippen LogP contribution in [0.3, 0.4) is 0 Å². The van der Waals surface area contributed by atoms with Crippen LogP contribution in [0.15, 0.2) is 0 Å². The predicted molar refractivity (Wildman–Crippen MR) is 80.8 cm³/mol. The lowest BCUT2D eigenvalue weighted by Gasteiger charge is -2.29. The molecule has 5 nitrogen and oxygen atoms in total. The second-order valence-corrected chi connectivity index (χ2v) is 6.12. The van der Waals surface area contributed by atoms with E-state index in [0.29, 0.717) is 12.2 Å². The summed E-state index contributed by atoms with van der Waals surface area (Å²) in [4.78, 5) is 29.1. The molecule has 5 heteroatoms. The van der Waals surface area contributed by atoms with Gasteiger partial charge in [0.05, 0.1) is 11.7 Å². The molecular formula is C16H23N3O2. The molecular weight excluding hydrogens is 266 g/mol. The standard InChI is InChI=1S/C16H23N3O2/c1-11-14(10-20)18-13-9-17-12(16(21)15(11)13)5-8-19-6-3-2-4-7-19/h10,12,17-18H,2-9H2,1H3.